The highest BCUT2D eigenvalue weighted by atomic mass is 16.6. The highest BCUT2D eigenvalue weighted by Gasteiger charge is 2.25. The van der Waals surface area contributed by atoms with Crippen molar-refractivity contribution in [3.8, 4) is 0 Å². The van der Waals surface area contributed by atoms with Crippen LogP contribution in [0.3, 0.4) is 0 Å². The lowest BCUT2D eigenvalue weighted by molar-refractivity contribution is -0.419. The Morgan fingerprint density at radius 3 is 2.81 bits per heavy atom. The van der Waals surface area contributed by atoms with E-state index in [1.165, 1.54) is 5.57 Å². The number of allylic oxidation sites excluding steroid dienone is 3. The third-order valence-electron chi connectivity index (χ3n) is 2.90. The molecule has 1 saturated heterocycles. The maximum Gasteiger partial charge on any atom is 0.266 e. The van der Waals surface area contributed by atoms with Crippen LogP contribution in [0.5, 0.6) is 0 Å². The molecule has 1 N–H and O–H groups in total. The smallest absolute Gasteiger partial charge is 0.266 e. The van der Waals surface area contributed by atoms with Crippen LogP contribution in [0.15, 0.2) is 35.1 Å². The summed E-state index contributed by atoms with van der Waals surface area (Å²) in [6.45, 7) is 5.69. The second-order valence-electron chi connectivity index (χ2n) is 4.91. The van der Waals surface area contributed by atoms with Gasteiger partial charge in [-0.2, -0.15) is 0 Å². The Balaban J connectivity index is 2.46. The van der Waals surface area contributed by atoms with Crippen LogP contribution in [0, 0.1) is 15.5 Å². The van der Waals surface area contributed by atoms with Crippen molar-refractivity contribution >= 4 is 0 Å². The normalized spacial score (nSPS) is 23.5. The van der Waals surface area contributed by atoms with Crippen molar-refractivity contribution in [1.82, 2.24) is 5.32 Å². The molecule has 1 fully saturated rings. The molecule has 0 saturated carbocycles. The van der Waals surface area contributed by atoms with E-state index in [-0.39, 0.29) is 16.0 Å². The van der Waals surface area contributed by atoms with Gasteiger partial charge in [0.05, 0.1) is 4.92 Å². The number of piperidine rings is 1. The second kappa shape index (κ2) is 3.87. The van der Waals surface area contributed by atoms with E-state index in [0.29, 0.717) is 0 Å². The zero-order valence-electron chi connectivity index (χ0n) is 9.62. The number of nitrogens with one attached hydrogen (secondary N) is 1. The molecular weight excluding hydrogens is 204 g/mol. The lowest BCUT2D eigenvalue weighted by atomic mass is 9.88. The van der Waals surface area contributed by atoms with Crippen molar-refractivity contribution in [2.24, 2.45) is 5.41 Å². The van der Waals surface area contributed by atoms with Crippen LogP contribution >= 0.6 is 0 Å². The third kappa shape index (κ3) is 2.22. The fourth-order valence-electron chi connectivity index (χ4n) is 2.23. The van der Waals surface area contributed by atoms with E-state index >= 15 is 0 Å². The van der Waals surface area contributed by atoms with Crippen LogP contribution in [-0.4, -0.2) is 18.0 Å². The maximum absolute atomic E-state index is 10.9. The summed E-state index contributed by atoms with van der Waals surface area (Å²) in [5.74, 6) is 0. The van der Waals surface area contributed by atoms with Crippen molar-refractivity contribution in [1.29, 1.82) is 0 Å². The van der Waals surface area contributed by atoms with Gasteiger partial charge in [0.1, 0.15) is 0 Å². The van der Waals surface area contributed by atoms with Crippen LogP contribution < -0.4 is 5.32 Å². The van der Waals surface area contributed by atoms with Crippen LogP contribution in [-0.2, 0) is 0 Å². The Morgan fingerprint density at radius 2 is 2.12 bits per heavy atom. The lowest BCUT2D eigenvalue weighted by Crippen LogP contribution is -2.26. The molecule has 0 radical (unpaired) electrons. The Morgan fingerprint density at radius 1 is 1.38 bits per heavy atom. The predicted octanol–water partition coefficient (Wildman–Crippen LogP) is 2.03. The van der Waals surface area contributed by atoms with E-state index < -0.39 is 0 Å². The molecule has 4 nitrogen and oxygen atoms in total. The minimum absolute atomic E-state index is 0.204. The van der Waals surface area contributed by atoms with Gasteiger partial charge in [0.2, 0.25) is 0 Å². The highest BCUT2D eigenvalue weighted by Crippen LogP contribution is 2.32. The van der Waals surface area contributed by atoms with Gasteiger partial charge in [0, 0.05) is 24.1 Å². The number of rotatable bonds is 1. The number of nitro groups is 1. The van der Waals surface area contributed by atoms with Crippen molar-refractivity contribution in [3.63, 3.8) is 0 Å². The topological polar surface area (TPSA) is 55.2 Å². The lowest BCUT2D eigenvalue weighted by Gasteiger charge is -2.21. The Kier molecular flexibility index (Phi) is 2.68. The van der Waals surface area contributed by atoms with Crippen molar-refractivity contribution in [2.45, 2.75) is 20.3 Å². The second-order valence-corrected chi connectivity index (χ2v) is 4.91. The molecule has 4 heteroatoms. The van der Waals surface area contributed by atoms with Gasteiger partial charge in [-0.15, -0.1) is 0 Å². The summed E-state index contributed by atoms with van der Waals surface area (Å²) < 4.78 is 0. The van der Waals surface area contributed by atoms with Crippen LogP contribution in [0.2, 0.25) is 0 Å². The average molecular weight is 220 g/mol. The fraction of sp³-hybridized carbons (Fsp3) is 0.500. The van der Waals surface area contributed by atoms with E-state index in [1.54, 1.807) is 12.2 Å². The number of hydrogen-bond acceptors (Lipinski definition) is 3. The van der Waals surface area contributed by atoms with E-state index in [0.717, 1.165) is 25.1 Å². The summed E-state index contributed by atoms with van der Waals surface area (Å²) in [6.07, 6.45) is 6.53. The van der Waals surface area contributed by atoms with E-state index in [2.05, 4.69) is 11.4 Å². The molecule has 1 aliphatic carbocycles. The number of fused-ring (bicyclic) bond motifs is 1. The Hall–Kier alpha value is -1.42. The first kappa shape index (κ1) is 11.1. The zero-order chi connectivity index (χ0) is 11.8. The summed E-state index contributed by atoms with van der Waals surface area (Å²) in [5, 5.41) is 14.2. The molecule has 0 aromatic rings. The minimum atomic E-state index is -0.305. The number of hydrogen-bond donors (Lipinski definition) is 1. The van der Waals surface area contributed by atoms with Gasteiger partial charge in [-0.3, -0.25) is 10.1 Å². The first-order valence-electron chi connectivity index (χ1n) is 5.49. The highest BCUT2D eigenvalue weighted by molar-refractivity contribution is 5.43. The van der Waals surface area contributed by atoms with Crippen molar-refractivity contribution < 1.29 is 4.92 Å². The standard InChI is InChI=1S/C12H16N2O2/c1-12(2)6-9-3-4-13-8-10(9)5-11(7-12)14(15)16/h5-7,13H,3-4,8H2,1-2H3. The third-order valence-corrected chi connectivity index (χ3v) is 2.90. The molecule has 0 aromatic heterocycles. The largest absolute Gasteiger partial charge is 0.312 e. The van der Waals surface area contributed by atoms with Crippen LogP contribution in [0.4, 0.5) is 0 Å². The molecule has 0 spiro atoms. The quantitative estimate of drug-likeness (QED) is 0.543. The molecular formula is C12H16N2O2. The Bertz CT molecular complexity index is 417. The first-order chi connectivity index (χ1) is 7.48. The fourth-order valence-corrected chi connectivity index (χ4v) is 2.23. The molecule has 86 valence electrons. The van der Waals surface area contributed by atoms with Crippen LogP contribution in [0.1, 0.15) is 20.3 Å². The molecule has 0 bridgehead atoms. The molecule has 1 heterocycles. The summed E-state index contributed by atoms with van der Waals surface area (Å²) in [4.78, 5) is 10.6. The molecule has 2 aliphatic rings. The first-order valence-corrected chi connectivity index (χ1v) is 5.49. The zero-order valence-corrected chi connectivity index (χ0v) is 9.62. The molecule has 0 amide bonds. The molecule has 0 aromatic carbocycles. The van der Waals surface area contributed by atoms with Gasteiger partial charge >= 0.3 is 0 Å². The monoisotopic (exact) mass is 220 g/mol. The summed E-state index contributed by atoms with van der Waals surface area (Å²) in [6, 6.07) is 0. The SMILES string of the molecule is CC1(C)C=C2CCNCC2=CC([N+](=O)[O-])=C1. The molecule has 0 atom stereocenters. The van der Waals surface area contributed by atoms with Gasteiger partial charge in [0.15, 0.2) is 0 Å². The van der Waals surface area contributed by atoms with Crippen molar-refractivity contribution in [2.75, 3.05) is 13.1 Å². The maximum atomic E-state index is 10.9. The molecule has 16 heavy (non-hydrogen) atoms. The van der Waals surface area contributed by atoms with Gasteiger partial charge in [-0.1, -0.05) is 19.9 Å². The van der Waals surface area contributed by atoms with E-state index in [4.69, 9.17) is 0 Å². The number of nitrogens with zero attached hydrogens (tertiary/aromatic N) is 1. The van der Waals surface area contributed by atoms with E-state index in [1.807, 2.05) is 13.8 Å². The van der Waals surface area contributed by atoms with Crippen molar-refractivity contribution in [3.05, 3.63) is 45.2 Å². The predicted molar refractivity (Wildman–Crippen MR) is 62.5 cm³/mol. The minimum Gasteiger partial charge on any atom is -0.312 e. The summed E-state index contributed by atoms with van der Waals surface area (Å²) >= 11 is 0. The van der Waals surface area contributed by atoms with Gasteiger partial charge in [-0.25, -0.2) is 0 Å². The molecule has 1 aliphatic heterocycles. The summed E-state index contributed by atoms with van der Waals surface area (Å²) in [5.41, 5.74) is 2.26. The van der Waals surface area contributed by atoms with Gasteiger partial charge < -0.3 is 5.32 Å². The van der Waals surface area contributed by atoms with Crippen LogP contribution in [0.25, 0.3) is 0 Å². The summed E-state index contributed by atoms with van der Waals surface area (Å²) in [7, 11) is 0. The molecule has 2 rings (SSSR count). The molecule has 0 unspecified atom stereocenters. The Labute approximate surface area is 94.9 Å². The van der Waals surface area contributed by atoms with E-state index in [9.17, 15) is 10.1 Å². The van der Waals surface area contributed by atoms with Gasteiger partial charge in [-0.05, 0) is 24.1 Å². The average Bonchev–Trinajstić information content (AvgIpc) is 2.31. The van der Waals surface area contributed by atoms with Gasteiger partial charge in [0.25, 0.3) is 5.70 Å².